The summed E-state index contributed by atoms with van der Waals surface area (Å²) in [5.74, 6) is -0.00201. The van der Waals surface area contributed by atoms with Crippen molar-refractivity contribution in [3.63, 3.8) is 0 Å². The summed E-state index contributed by atoms with van der Waals surface area (Å²) in [5.41, 5.74) is 0. The molecule has 0 radical (unpaired) electrons. The summed E-state index contributed by atoms with van der Waals surface area (Å²) < 4.78 is 4.71. The van der Waals surface area contributed by atoms with Gasteiger partial charge in [-0.25, -0.2) is 0 Å². The summed E-state index contributed by atoms with van der Waals surface area (Å²) >= 11 is 1.43. The highest BCUT2D eigenvalue weighted by molar-refractivity contribution is 8.00. The Morgan fingerprint density at radius 3 is 2.56 bits per heavy atom. The molecule has 0 bridgehead atoms. The second-order valence-electron chi connectivity index (χ2n) is 3.91. The number of esters is 1. The van der Waals surface area contributed by atoms with Crippen molar-refractivity contribution in [1.82, 2.24) is 0 Å². The third kappa shape index (κ3) is 2.43. The second kappa shape index (κ2) is 5.31. The lowest BCUT2D eigenvalue weighted by atomic mass is 10.1. The molecule has 0 amide bonds. The molecule has 94 valence electrons. The van der Waals surface area contributed by atoms with Crippen molar-refractivity contribution in [1.29, 1.82) is 0 Å². The zero-order valence-corrected chi connectivity index (χ0v) is 11.0. The van der Waals surface area contributed by atoms with Gasteiger partial charge in [0.05, 0.1) is 7.11 Å². The first-order valence-corrected chi connectivity index (χ1v) is 6.46. The minimum Gasteiger partial charge on any atom is -0.507 e. The van der Waals surface area contributed by atoms with Crippen molar-refractivity contribution in [3.05, 3.63) is 36.4 Å². The van der Waals surface area contributed by atoms with Crippen LogP contribution in [0.3, 0.4) is 0 Å². The lowest BCUT2D eigenvalue weighted by Gasteiger charge is -2.11. The van der Waals surface area contributed by atoms with E-state index in [2.05, 4.69) is 0 Å². The maximum absolute atomic E-state index is 11.4. The number of ether oxygens (including phenoxy) is 1. The average molecular weight is 262 g/mol. The van der Waals surface area contributed by atoms with Gasteiger partial charge < -0.3 is 9.84 Å². The first-order chi connectivity index (χ1) is 8.63. The number of phenolic OH excluding ortho intramolecular Hbond substituents is 1. The second-order valence-corrected chi connectivity index (χ2v) is 5.29. The molecule has 0 aliphatic carbocycles. The third-order valence-corrected chi connectivity index (χ3v) is 3.85. The van der Waals surface area contributed by atoms with Crippen LogP contribution in [-0.2, 0) is 9.53 Å². The molecule has 1 atom stereocenters. The molecule has 2 aromatic rings. The predicted octanol–water partition coefficient (Wildman–Crippen LogP) is 3.20. The fraction of sp³-hybridized carbons (Fsp3) is 0.214. The van der Waals surface area contributed by atoms with Gasteiger partial charge in [0, 0.05) is 10.3 Å². The number of methoxy groups -OCH3 is 1. The van der Waals surface area contributed by atoms with Gasteiger partial charge in [0.2, 0.25) is 0 Å². The van der Waals surface area contributed by atoms with Crippen LogP contribution < -0.4 is 0 Å². The van der Waals surface area contributed by atoms with Crippen molar-refractivity contribution in [3.8, 4) is 5.75 Å². The summed E-state index contributed by atoms with van der Waals surface area (Å²) in [6.45, 7) is 1.80. The number of benzene rings is 2. The van der Waals surface area contributed by atoms with Crippen molar-refractivity contribution >= 4 is 28.5 Å². The molecule has 0 saturated heterocycles. The number of hydrogen-bond donors (Lipinski definition) is 1. The maximum Gasteiger partial charge on any atom is 0.318 e. The van der Waals surface area contributed by atoms with E-state index in [1.165, 1.54) is 18.9 Å². The highest BCUT2D eigenvalue weighted by Crippen LogP contribution is 2.35. The largest absolute Gasteiger partial charge is 0.507 e. The van der Waals surface area contributed by atoms with E-state index >= 15 is 0 Å². The van der Waals surface area contributed by atoms with E-state index < -0.39 is 0 Å². The standard InChI is InChI=1S/C14H14O3S/c1-9(14(16)17-2)18-13-8-7-12(15)10-5-3-4-6-11(10)13/h3-9,15H,1-2H3. The van der Waals surface area contributed by atoms with E-state index in [1.54, 1.807) is 13.0 Å². The SMILES string of the molecule is COC(=O)C(C)Sc1ccc(O)c2ccccc12. The molecular weight excluding hydrogens is 248 g/mol. The van der Waals surface area contributed by atoms with E-state index in [0.29, 0.717) is 0 Å². The van der Waals surface area contributed by atoms with Gasteiger partial charge in [-0.1, -0.05) is 24.3 Å². The van der Waals surface area contributed by atoms with E-state index in [0.717, 1.165) is 15.7 Å². The van der Waals surface area contributed by atoms with Crippen LogP contribution in [0.4, 0.5) is 0 Å². The number of fused-ring (bicyclic) bond motifs is 1. The number of carbonyl (C=O) groups is 1. The van der Waals surface area contributed by atoms with Crippen LogP contribution in [0.1, 0.15) is 6.92 Å². The van der Waals surface area contributed by atoms with E-state index in [1.807, 2.05) is 30.3 Å². The molecule has 0 aliphatic heterocycles. The van der Waals surface area contributed by atoms with Gasteiger partial charge in [-0.15, -0.1) is 11.8 Å². The quantitative estimate of drug-likeness (QED) is 0.681. The first kappa shape index (κ1) is 12.8. The third-order valence-electron chi connectivity index (χ3n) is 2.70. The summed E-state index contributed by atoms with van der Waals surface area (Å²) in [5, 5.41) is 11.2. The molecule has 4 heteroatoms. The van der Waals surface area contributed by atoms with Gasteiger partial charge in [-0.2, -0.15) is 0 Å². The highest BCUT2D eigenvalue weighted by atomic mass is 32.2. The Labute approximate surface area is 110 Å². The molecule has 1 unspecified atom stereocenters. The minimum atomic E-state index is -0.275. The van der Waals surface area contributed by atoms with Gasteiger partial charge in [-0.05, 0) is 24.4 Å². The fourth-order valence-electron chi connectivity index (χ4n) is 1.76. The van der Waals surface area contributed by atoms with Gasteiger partial charge in [0.1, 0.15) is 11.0 Å². The first-order valence-electron chi connectivity index (χ1n) is 5.58. The topological polar surface area (TPSA) is 46.5 Å². The highest BCUT2D eigenvalue weighted by Gasteiger charge is 2.16. The Bertz CT molecular complexity index is 580. The van der Waals surface area contributed by atoms with Crippen molar-refractivity contribution in [2.75, 3.05) is 7.11 Å². The fourth-order valence-corrected chi connectivity index (χ4v) is 2.79. The number of hydrogen-bond acceptors (Lipinski definition) is 4. The Morgan fingerprint density at radius 2 is 1.89 bits per heavy atom. The molecule has 0 aromatic heterocycles. The molecular formula is C14H14O3S. The monoisotopic (exact) mass is 262 g/mol. The van der Waals surface area contributed by atoms with Crippen molar-refractivity contribution in [2.24, 2.45) is 0 Å². The molecule has 0 saturated carbocycles. The molecule has 18 heavy (non-hydrogen) atoms. The zero-order valence-electron chi connectivity index (χ0n) is 10.2. The average Bonchev–Trinajstić information content (AvgIpc) is 2.41. The van der Waals surface area contributed by atoms with Crippen LogP contribution in [-0.4, -0.2) is 23.4 Å². The van der Waals surface area contributed by atoms with Crippen molar-refractivity contribution < 1.29 is 14.6 Å². The lowest BCUT2D eigenvalue weighted by Crippen LogP contribution is -2.14. The molecule has 3 nitrogen and oxygen atoms in total. The Hall–Kier alpha value is -1.68. The summed E-state index contributed by atoms with van der Waals surface area (Å²) in [6.07, 6.45) is 0. The molecule has 0 aliphatic rings. The summed E-state index contributed by atoms with van der Waals surface area (Å²) in [7, 11) is 1.38. The number of carbonyl (C=O) groups excluding carboxylic acids is 1. The van der Waals surface area contributed by atoms with Crippen LogP contribution in [0.15, 0.2) is 41.3 Å². The van der Waals surface area contributed by atoms with Crippen molar-refractivity contribution in [2.45, 2.75) is 17.1 Å². The Morgan fingerprint density at radius 1 is 1.22 bits per heavy atom. The number of phenols is 1. The summed E-state index contributed by atoms with van der Waals surface area (Å²) in [6, 6.07) is 11.0. The van der Waals surface area contributed by atoms with Crippen LogP contribution in [0.5, 0.6) is 5.75 Å². The molecule has 1 N–H and O–H groups in total. The molecule has 0 spiro atoms. The predicted molar refractivity (Wildman–Crippen MR) is 72.9 cm³/mol. The number of aromatic hydroxyl groups is 1. The minimum absolute atomic E-state index is 0.251. The van der Waals surface area contributed by atoms with Crippen LogP contribution in [0.25, 0.3) is 10.8 Å². The Balaban J connectivity index is 2.40. The van der Waals surface area contributed by atoms with E-state index in [4.69, 9.17) is 4.74 Å². The van der Waals surface area contributed by atoms with Gasteiger partial charge in [0.15, 0.2) is 0 Å². The number of rotatable bonds is 3. The van der Waals surface area contributed by atoms with Gasteiger partial charge in [0.25, 0.3) is 0 Å². The molecule has 0 fully saturated rings. The maximum atomic E-state index is 11.4. The van der Waals surface area contributed by atoms with E-state index in [9.17, 15) is 9.90 Å². The smallest absolute Gasteiger partial charge is 0.318 e. The normalized spacial score (nSPS) is 12.3. The van der Waals surface area contributed by atoms with Gasteiger partial charge >= 0.3 is 5.97 Å². The van der Waals surface area contributed by atoms with Crippen LogP contribution in [0.2, 0.25) is 0 Å². The molecule has 2 aromatic carbocycles. The lowest BCUT2D eigenvalue weighted by molar-refractivity contribution is -0.139. The van der Waals surface area contributed by atoms with E-state index in [-0.39, 0.29) is 17.0 Å². The molecule has 0 heterocycles. The summed E-state index contributed by atoms with van der Waals surface area (Å²) in [4.78, 5) is 12.4. The van der Waals surface area contributed by atoms with Gasteiger partial charge in [-0.3, -0.25) is 4.79 Å². The number of thioether (sulfide) groups is 1. The van der Waals surface area contributed by atoms with Crippen LogP contribution in [0, 0.1) is 0 Å². The van der Waals surface area contributed by atoms with Crippen LogP contribution >= 0.6 is 11.8 Å². The zero-order chi connectivity index (χ0) is 13.1. The molecule has 2 rings (SSSR count). The Kier molecular flexibility index (Phi) is 3.77.